The van der Waals surface area contributed by atoms with Crippen LogP contribution in [0.3, 0.4) is 0 Å². The summed E-state index contributed by atoms with van der Waals surface area (Å²) in [5.41, 5.74) is 4.35. The monoisotopic (exact) mass is 515 g/mol. The van der Waals surface area contributed by atoms with Crippen molar-refractivity contribution >= 4 is 28.6 Å². The Kier molecular flexibility index (Phi) is 7.97. The summed E-state index contributed by atoms with van der Waals surface area (Å²) in [4.78, 5) is 36.2. The minimum absolute atomic E-state index is 0.129. The summed E-state index contributed by atoms with van der Waals surface area (Å²) in [6, 6.07) is 12.7. The largest absolute Gasteiger partial charge is 0.442 e. The Morgan fingerprint density at radius 3 is 2.58 bits per heavy atom. The van der Waals surface area contributed by atoms with Crippen LogP contribution in [0.25, 0.3) is 33.3 Å². The van der Waals surface area contributed by atoms with E-state index in [2.05, 4.69) is 9.97 Å². The SMILES string of the molecule is CC(=O)OC(C)n1cc(-c2ccnc(F)c2)c2cc(-c3cccc(N(C)C(=O)/C=C/CN(C)C)c3)cnc21. The highest BCUT2D eigenvalue weighted by Crippen LogP contribution is 2.35. The van der Waals surface area contributed by atoms with E-state index >= 15 is 0 Å². The van der Waals surface area contributed by atoms with Crippen molar-refractivity contribution in [2.45, 2.75) is 20.1 Å². The van der Waals surface area contributed by atoms with E-state index in [0.29, 0.717) is 17.8 Å². The predicted molar refractivity (Wildman–Crippen MR) is 146 cm³/mol. The zero-order valence-corrected chi connectivity index (χ0v) is 22.1. The molecule has 1 amide bonds. The molecule has 1 aromatic carbocycles. The zero-order chi connectivity index (χ0) is 27.4. The lowest BCUT2D eigenvalue weighted by Gasteiger charge is -2.17. The average Bonchev–Trinajstić information content (AvgIpc) is 3.27. The van der Waals surface area contributed by atoms with Gasteiger partial charge in [-0.3, -0.25) is 14.2 Å². The van der Waals surface area contributed by atoms with Crippen molar-refractivity contribution in [3.05, 3.63) is 79.2 Å². The number of hydrogen-bond acceptors (Lipinski definition) is 6. The number of anilines is 1. The van der Waals surface area contributed by atoms with E-state index in [1.54, 1.807) is 48.0 Å². The molecule has 4 rings (SSSR count). The molecule has 0 radical (unpaired) electrons. The molecule has 0 aliphatic rings. The van der Waals surface area contributed by atoms with E-state index in [1.165, 1.54) is 19.2 Å². The Balaban J connectivity index is 1.76. The highest BCUT2D eigenvalue weighted by atomic mass is 19.1. The van der Waals surface area contributed by atoms with Crippen molar-refractivity contribution in [2.24, 2.45) is 0 Å². The lowest BCUT2D eigenvalue weighted by atomic mass is 10.0. The maximum atomic E-state index is 14.0. The predicted octanol–water partition coefficient (Wildman–Crippen LogP) is 5.07. The van der Waals surface area contributed by atoms with Crippen LogP contribution in [-0.4, -0.2) is 59.0 Å². The van der Waals surface area contributed by atoms with E-state index in [1.807, 2.05) is 55.4 Å². The van der Waals surface area contributed by atoms with Gasteiger partial charge in [-0.1, -0.05) is 18.2 Å². The third-order valence-corrected chi connectivity index (χ3v) is 6.06. The number of carbonyl (C=O) groups is 2. The van der Waals surface area contributed by atoms with Gasteiger partial charge < -0.3 is 14.5 Å². The Morgan fingerprint density at radius 1 is 1.08 bits per heavy atom. The van der Waals surface area contributed by atoms with Crippen LogP contribution in [0.5, 0.6) is 0 Å². The second-order valence-corrected chi connectivity index (χ2v) is 9.23. The molecule has 0 saturated carbocycles. The van der Waals surface area contributed by atoms with Crippen LogP contribution in [0, 0.1) is 5.95 Å². The lowest BCUT2D eigenvalue weighted by Crippen LogP contribution is -2.24. The summed E-state index contributed by atoms with van der Waals surface area (Å²) in [6.07, 6.45) is 7.71. The summed E-state index contributed by atoms with van der Waals surface area (Å²) in [5, 5.41) is 0.758. The van der Waals surface area contributed by atoms with Crippen molar-refractivity contribution in [1.29, 1.82) is 0 Å². The molecule has 0 saturated heterocycles. The summed E-state index contributed by atoms with van der Waals surface area (Å²) < 4.78 is 21.1. The van der Waals surface area contributed by atoms with Gasteiger partial charge in [-0.05, 0) is 56.4 Å². The van der Waals surface area contributed by atoms with E-state index in [4.69, 9.17) is 4.74 Å². The Morgan fingerprint density at radius 2 is 1.87 bits per heavy atom. The quantitative estimate of drug-likeness (QED) is 0.185. The van der Waals surface area contributed by atoms with Gasteiger partial charge in [0.15, 0.2) is 6.23 Å². The molecule has 1 atom stereocenters. The highest BCUT2D eigenvalue weighted by molar-refractivity contribution is 6.01. The van der Waals surface area contributed by atoms with Crippen LogP contribution in [0.15, 0.2) is 73.2 Å². The van der Waals surface area contributed by atoms with Crippen molar-refractivity contribution in [1.82, 2.24) is 19.4 Å². The van der Waals surface area contributed by atoms with Gasteiger partial charge >= 0.3 is 5.97 Å². The molecule has 9 heteroatoms. The van der Waals surface area contributed by atoms with E-state index in [0.717, 1.165) is 27.8 Å². The van der Waals surface area contributed by atoms with E-state index in [9.17, 15) is 14.0 Å². The fraction of sp³-hybridized carbons (Fsp3) is 0.241. The van der Waals surface area contributed by atoms with Crippen LogP contribution in [0.4, 0.5) is 10.1 Å². The molecule has 0 aliphatic heterocycles. The molecule has 0 fully saturated rings. The van der Waals surface area contributed by atoms with E-state index < -0.39 is 18.1 Å². The molecule has 196 valence electrons. The number of rotatable bonds is 8. The standard InChI is InChI=1S/C29H30FN5O3/c1-19(38-20(2)36)35-18-26(22-11-12-31-27(30)16-22)25-15-23(17-32-29(25)35)21-8-6-9-24(14-21)34(5)28(37)10-7-13-33(3)4/h6-12,14-19H,13H2,1-5H3/b10-7+. The molecule has 3 aromatic heterocycles. The molecule has 0 N–H and O–H groups in total. The third-order valence-electron chi connectivity index (χ3n) is 6.06. The molecular formula is C29H30FN5O3. The lowest BCUT2D eigenvalue weighted by molar-refractivity contribution is -0.149. The minimum atomic E-state index is -0.614. The van der Waals surface area contributed by atoms with Gasteiger partial charge in [0, 0.05) is 73.4 Å². The molecule has 4 aromatic rings. The summed E-state index contributed by atoms with van der Waals surface area (Å²) in [5.74, 6) is -1.14. The van der Waals surface area contributed by atoms with E-state index in [-0.39, 0.29) is 5.91 Å². The maximum absolute atomic E-state index is 14.0. The number of aromatic nitrogens is 3. The fourth-order valence-electron chi connectivity index (χ4n) is 4.16. The number of hydrogen-bond donors (Lipinski definition) is 0. The van der Waals surface area contributed by atoms with Gasteiger partial charge in [0.25, 0.3) is 0 Å². The number of pyridine rings is 2. The highest BCUT2D eigenvalue weighted by Gasteiger charge is 2.19. The third kappa shape index (κ3) is 5.95. The van der Waals surface area contributed by atoms with Gasteiger partial charge in [-0.25, -0.2) is 9.97 Å². The first kappa shape index (κ1) is 26.7. The molecule has 0 bridgehead atoms. The first-order valence-corrected chi connectivity index (χ1v) is 12.1. The normalized spacial score (nSPS) is 12.3. The number of benzene rings is 1. The molecule has 38 heavy (non-hydrogen) atoms. The molecule has 0 spiro atoms. The van der Waals surface area contributed by atoms with Gasteiger partial charge in [-0.2, -0.15) is 4.39 Å². The molecule has 0 aliphatic carbocycles. The van der Waals surface area contributed by atoms with Gasteiger partial charge in [0.2, 0.25) is 11.9 Å². The number of fused-ring (bicyclic) bond motifs is 1. The molecule has 8 nitrogen and oxygen atoms in total. The number of likely N-dealkylation sites (N-methyl/N-ethyl adjacent to an activating group) is 2. The maximum Gasteiger partial charge on any atom is 0.304 e. The Labute approximate surface area is 221 Å². The number of nitrogens with zero attached hydrogens (tertiary/aromatic N) is 5. The number of esters is 1. The van der Waals surface area contributed by atoms with Crippen molar-refractivity contribution in [3.8, 4) is 22.3 Å². The average molecular weight is 516 g/mol. The first-order valence-electron chi connectivity index (χ1n) is 12.1. The van der Waals surface area contributed by atoms with Crippen LogP contribution in [-0.2, 0) is 14.3 Å². The van der Waals surface area contributed by atoms with Gasteiger partial charge in [0.05, 0.1) is 0 Å². The Hall–Kier alpha value is -4.37. The first-order chi connectivity index (χ1) is 18.1. The van der Waals surface area contributed by atoms with Crippen LogP contribution in [0.1, 0.15) is 20.1 Å². The smallest absolute Gasteiger partial charge is 0.304 e. The number of halogens is 1. The number of amides is 1. The molecule has 3 heterocycles. The van der Waals surface area contributed by atoms with Crippen LogP contribution in [0.2, 0.25) is 0 Å². The summed E-state index contributed by atoms with van der Waals surface area (Å²) in [7, 11) is 5.61. The summed E-state index contributed by atoms with van der Waals surface area (Å²) >= 11 is 0. The second-order valence-electron chi connectivity index (χ2n) is 9.23. The molecule has 1 unspecified atom stereocenters. The zero-order valence-electron chi connectivity index (χ0n) is 22.1. The Bertz CT molecular complexity index is 1510. The van der Waals surface area contributed by atoms with Crippen molar-refractivity contribution in [2.75, 3.05) is 32.6 Å². The minimum Gasteiger partial charge on any atom is -0.442 e. The molecular weight excluding hydrogens is 485 g/mol. The van der Waals surface area contributed by atoms with Gasteiger partial charge in [-0.15, -0.1) is 0 Å². The van der Waals surface area contributed by atoms with Crippen LogP contribution < -0.4 is 4.90 Å². The van der Waals surface area contributed by atoms with Crippen molar-refractivity contribution in [3.63, 3.8) is 0 Å². The fourth-order valence-corrected chi connectivity index (χ4v) is 4.16. The number of ether oxygens (including phenoxy) is 1. The number of carbonyl (C=O) groups excluding carboxylic acids is 2. The van der Waals surface area contributed by atoms with Crippen LogP contribution >= 0.6 is 0 Å². The van der Waals surface area contributed by atoms with Crippen molar-refractivity contribution < 1.29 is 18.7 Å². The second kappa shape index (κ2) is 11.4. The topological polar surface area (TPSA) is 80.6 Å². The summed E-state index contributed by atoms with van der Waals surface area (Å²) in [6.45, 7) is 3.76. The van der Waals surface area contributed by atoms with Gasteiger partial charge in [0.1, 0.15) is 5.65 Å².